The first-order valence-electron chi connectivity index (χ1n) is 6.40. The van der Waals surface area contributed by atoms with Crippen LogP contribution in [-0.2, 0) is 6.54 Å². The summed E-state index contributed by atoms with van der Waals surface area (Å²) in [5.74, 6) is -0.268. The fourth-order valence-electron chi connectivity index (χ4n) is 2.12. The van der Waals surface area contributed by atoms with Crippen molar-refractivity contribution in [2.45, 2.75) is 13.5 Å². The Morgan fingerprint density at radius 2 is 1.95 bits per heavy atom. The molecule has 0 atom stereocenters. The second kappa shape index (κ2) is 5.75. The molecule has 2 rings (SSSR count). The van der Waals surface area contributed by atoms with Gasteiger partial charge in [-0.1, -0.05) is 24.3 Å². The van der Waals surface area contributed by atoms with Crippen molar-refractivity contribution in [3.05, 3.63) is 59.2 Å². The summed E-state index contributed by atoms with van der Waals surface area (Å²) in [5.41, 5.74) is 8.51. The van der Waals surface area contributed by atoms with Gasteiger partial charge < -0.3 is 15.7 Å². The molecule has 0 unspecified atom stereocenters. The summed E-state index contributed by atoms with van der Waals surface area (Å²) in [4.78, 5) is 14.0. The van der Waals surface area contributed by atoms with Crippen molar-refractivity contribution in [1.82, 2.24) is 0 Å². The number of phenolic OH excluding ortho intramolecular Hbond substituents is 1. The van der Waals surface area contributed by atoms with Crippen molar-refractivity contribution >= 4 is 11.6 Å². The van der Waals surface area contributed by atoms with Crippen LogP contribution in [-0.4, -0.2) is 18.1 Å². The van der Waals surface area contributed by atoms with Gasteiger partial charge in [0.1, 0.15) is 5.75 Å². The van der Waals surface area contributed by atoms with Crippen molar-refractivity contribution in [3.8, 4) is 5.75 Å². The molecule has 0 heterocycles. The van der Waals surface area contributed by atoms with Crippen LogP contribution in [0.1, 0.15) is 21.5 Å². The number of nitrogens with zero attached hydrogens (tertiary/aromatic N) is 1. The molecule has 0 spiro atoms. The fourth-order valence-corrected chi connectivity index (χ4v) is 2.12. The molecular formula is C16H18N2O2. The predicted molar refractivity (Wildman–Crippen MR) is 79.9 cm³/mol. The average molecular weight is 270 g/mol. The Balaban J connectivity index is 2.37. The number of phenols is 1. The number of hydrogen-bond donors (Lipinski definition) is 2. The monoisotopic (exact) mass is 270 g/mol. The SMILES string of the molecule is Cc1ccc(C(=O)N(C)c2ccccc2CN)c(O)c1. The largest absolute Gasteiger partial charge is 0.507 e. The van der Waals surface area contributed by atoms with Crippen LogP contribution in [0.2, 0.25) is 0 Å². The van der Waals surface area contributed by atoms with Crippen molar-refractivity contribution < 1.29 is 9.90 Å². The molecule has 0 fully saturated rings. The van der Waals surface area contributed by atoms with Gasteiger partial charge in [-0.2, -0.15) is 0 Å². The van der Waals surface area contributed by atoms with Crippen LogP contribution in [0.3, 0.4) is 0 Å². The Kier molecular flexibility index (Phi) is 4.05. The van der Waals surface area contributed by atoms with Gasteiger partial charge in [0, 0.05) is 19.3 Å². The highest BCUT2D eigenvalue weighted by Crippen LogP contribution is 2.24. The van der Waals surface area contributed by atoms with Gasteiger partial charge in [0.25, 0.3) is 5.91 Å². The van der Waals surface area contributed by atoms with Crippen molar-refractivity contribution in [2.24, 2.45) is 5.73 Å². The second-order valence-corrected chi connectivity index (χ2v) is 4.72. The molecule has 104 valence electrons. The van der Waals surface area contributed by atoms with Gasteiger partial charge in [0.2, 0.25) is 0 Å². The number of carbonyl (C=O) groups excluding carboxylic acids is 1. The topological polar surface area (TPSA) is 66.6 Å². The lowest BCUT2D eigenvalue weighted by Gasteiger charge is -2.20. The van der Waals surface area contributed by atoms with Crippen LogP contribution in [0.15, 0.2) is 42.5 Å². The van der Waals surface area contributed by atoms with Crippen molar-refractivity contribution in [1.29, 1.82) is 0 Å². The predicted octanol–water partition coefficient (Wildman–Crippen LogP) is 2.44. The zero-order chi connectivity index (χ0) is 14.7. The zero-order valence-electron chi connectivity index (χ0n) is 11.6. The van der Waals surface area contributed by atoms with Gasteiger partial charge in [0.05, 0.1) is 5.56 Å². The van der Waals surface area contributed by atoms with E-state index in [1.165, 1.54) is 4.90 Å². The van der Waals surface area contributed by atoms with E-state index in [-0.39, 0.29) is 17.2 Å². The summed E-state index contributed by atoms with van der Waals surface area (Å²) in [6.07, 6.45) is 0. The number of rotatable bonds is 3. The van der Waals surface area contributed by atoms with E-state index in [2.05, 4.69) is 0 Å². The minimum Gasteiger partial charge on any atom is -0.507 e. The van der Waals surface area contributed by atoms with Gasteiger partial charge in [-0.15, -0.1) is 0 Å². The number of anilines is 1. The number of para-hydroxylation sites is 1. The molecule has 2 aromatic carbocycles. The van der Waals surface area contributed by atoms with Crippen LogP contribution >= 0.6 is 0 Å². The third-order valence-corrected chi connectivity index (χ3v) is 3.26. The molecule has 0 saturated carbocycles. The van der Waals surface area contributed by atoms with Crippen LogP contribution in [0.4, 0.5) is 5.69 Å². The summed E-state index contributed by atoms with van der Waals surface area (Å²) in [6, 6.07) is 12.5. The Morgan fingerprint density at radius 3 is 2.60 bits per heavy atom. The number of nitrogens with two attached hydrogens (primary N) is 1. The maximum absolute atomic E-state index is 12.5. The minimum absolute atomic E-state index is 0.00733. The second-order valence-electron chi connectivity index (χ2n) is 4.72. The fraction of sp³-hybridized carbons (Fsp3) is 0.188. The molecule has 0 aliphatic rings. The van der Waals surface area contributed by atoms with Gasteiger partial charge in [0.15, 0.2) is 0 Å². The minimum atomic E-state index is -0.261. The van der Waals surface area contributed by atoms with Gasteiger partial charge in [-0.3, -0.25) is 4.79 Å². The maximum atomic E-state index is 12.5. The van der Waals surface area contributed by atoms with Crippen molar-refractivity contribution in [2.75, 3.05) is 11.9 Å². The van der Waals surface area contributed by atoms with Crippen LogP contribution in [0.25, 0.3) is 0 Å². The molecule has 3 N–H and O–H groups in total. The summed E-state index contributed by atoms with van der Waals surface area (Å²) >= 11 is 0. The van der Waals surface area contributed by atoms with E-state index in [1.807, 2.05) is 31.2 Å². The number of benzene rings is 2. The lowest BCUT2D eigenvalue weighted by Crippen LogP contribution is -2.27. The van der Waals surface area contributed by atoms with E-state index in [4.69, 9.17) is 5.73 Å². The summed E-state index contributed by atoms with van der Waals surface area (Å²) in [7, 11) is 1.68. The molecule has 1 amide bonds. The Hall–Kier alpha value is -2.33. The molecule has 0 saturated heterocycles. The quantitative estimate of drug-likeness (QED) is 0.900. The van der Waals surface area contributed by atoms with Gasteiger partial charge in [-0.05, 0) is 36.2 Å². The van der Waals surface area contributed by atoms with E-state index < -0.39 is 0 Å². The average Bonchev–Trinajstić information content (AvgIpc) is 2.45. The molecule has 20 heavy (non-hydrogen) atoms. The van der Waals surface area contributed by atoms with Gasteiger partial charge in [-0.25, -0.2) is 0 Å². The highest BCUT2D eigenvalue weighted by molar-refractivity contribution is 6.07. The normalized spacial score (nSPS) is 10.3. The van der Waals surface area contributed by atoms with Crippen molar-refractivity contribution in [3.63, 3.8) is 0 Å². The van der Waals surface area contributed by atoms with E-state index in [1.54, 1.807) is 25.2 Å². The van der Waals surface area contributed by atoms with Crippen LogP contribution in [0.5, 0.6) is 5.75 Å². The summed E-state index contributed by atoms with van der Waals surface area (Å²) in [6.45, 7) is 2.22. The Bertz CT molecular complexity index is 638. The number of aromatic hydroxyl groups is 1. The molecule has 0 aliphatic carbocycles. The molecular weight excluding hydrogens is 252 g/mol. The Labute approximate surface area is 118 Å². The number of amides is 1. The molecule has 4 nitrogen and oxygen atoms in total. The van der Waals surface area contributed by atoms with Crippen LogP contribution < -0.4 is 10.6 Å². The summed E-state index contributed by atoms with van der Waals surface area (Å²) in [5, 5.41) is 9.91. The third kappa shape index (κ3) is 2.65. The third-order valence-electron chi connectivity index (χ3n) is 3.26. The summed E-state index contributed by atoms with van der Waals surface area (Å²) < 4.78 is 0. The van der Waals surface area contributed by atoms with E-state index in [0.29, 0.717) is 6.54 Å². The molecule has 0 aliphatic heterocycles. The smallest absolute Gasteiger partial charge is 0.261 e. The number of hydrogen-bond acceptors (Lipinski definition) is 3. The lowest BCUT2D eigenvalue weighted by molar-refractivity contribution is 0.0990. The Morgan fingerprint density at radius 1 is 1.25 bits per heavy atom. The maximum Gasteiger partial charge on any atom is 0.261 e. The molecule has 4 heteroatoms. The molecule has 0 bridgehead atoms. The molecule has 0 aromatic heterocycles. The molecule has 0 radical (unpaired) electrons. The zero-order valence-corrected chi connectivity index (χ0v) is 11.6. The van der Waals surface area contributed by atoms with E-state index in [9.17, 15) is 9.90 Å². The van der Waals surface area contributed by atoms with E-state index in [0.717, 1.165) is 16.8 Å². The van der Waals surface area contributed by atoms with Gasteiger partial charge >= 0.3 is 0 Å². The highest BCUT2D eigenvalue weighted by atomic mass is 16.3. The first-order valence-corrected chi connectivity index (χ1v) is 6.40. The lowest BCUT2D eigenvalue weighted by atomic mass is 10.1. The first kappa shape index (κ1) is 14.1. The van der Waals surface area contributed by atoms with Crippen LogP contribution in [0, 0.1) is 6.92 Å². The van der Waals surface area contributed by atoms with E-state index >= 15 is 0 Å². The first-order chi connectivity index (χ1) is 9.54. The number of aryl methyl sites for hydroxylation is 1. The highest BCUT2D eigenvalue weighted by Gasteiger charge is 2.18. The number of carbonyl (C=O) groups is 1. The molecule has 2 aromatic rings. The standard InChI is InChI=1S/C16H18N2O2/c1-11-7-8-13(15(19)9-11)16(20)18(2)14-6-4-3-5-12(14)10-17/h3-9,19H,10,17H2,1-2H3.